The van der Waals surface area contributed by atoms with E-state index >= 15 is 0 Å². The van der Waals surface area contributed by atoms with Gasteiger partial charge in [-0.15, -0.1) is 0 Å². The number of rotatable bonds is 2. The van der Waals surface area contributed by atoms with Crippen LogP contribution >= 0.6 is 0 Å². The van der Waals surface area contributed by atoms with Gasteiger partial charge in [0.05, 0.1) is 24.7 Å². The van der Waals surface area contributed by atoms with Gasteiger partial charge in [0.25, 0.3) is 0 Å². The maximum atomic E-state index is 13.1. The molecule has 1 saturated heterocycles. The lowest BCUT2D eigenvalue weighted by atomic mass is 9.82. The Morgan fingerprint density at radius 2 is 1.64 bits per heavy atom. The standard InChI is InChI=1S/C26H29NO6/c1-25(2,3)33-24(30)27-13-11-26(12-14-27)16-21(28)20-15-19(9-10-22(20)32-26)17-5-7-18(8-6-17)23(29)31-4/h5-10,15H,11-14,16H2,1-4H3. The number of carbonyl (C=O) groups is 3. The zero-order chi connectivity index (χ0) is 23.8. The molecule has 1 spiro atoms. The molecule has 2 aliphatic heterocycles. The lowest BCUT2D eigenvalue weighted by Gasteiger charge is -2.44. The van der Waals surface area contributed by atoms with E-state index in [0.29, 0.717) is 42.8 Å². The van der Waals surface area contributed by atoms with Crippen LogP contribution in [0.15, 0.2) is 42.5 Å². The van der Waals surface area contributed by atoms with Crippen LogP contribution in [0.2, 0.25) is 0 Å². The van der Waals surface area contributed by atoms with Crippen LogP contribution in [0.25, 0.3) is 11.1 Å². The number of likely N-dealkylation sites (tertiary alicyclic amines) is 1. The van der Waals surface area contributed by atoms with Crippen molar-refractivity contribution >= 4 is 17.8 Å². The largest absolute Gasteiger partial charge is 0.486 e. The summed E-state index contributed by atoms with van der Waals surface area (Å²) in [4.78, 5) is 38.8. The van der Waals surface area contributed by atoms with Crippen LogP contribution < -0.4 is 4.74 Å². The van der Waals surface area contributed by atoms with Gasteiger partial charge in [-0.05, 0) is 56.2 Å². The zero-order valence-corrected chi connectivity index (χ0v) is 19.5. The van der Waals surface area contributed by atoms with E-state index in [4.69, 9.17) is 14.2 Å². The van der Waals surface area contributed by atoms with Gasteiger partial charge in [0.1, 0.15) is 17.0 Å². The summed E-state index contributed by atoms with van der Waals surface area (Å²) in [5.74, 6) is 0.223. The van der Waals surface area contributed by atoms with Gasteiger partial charge >= 0.3 is 12.1 Å². The van der Waals surface area contributed by atoms with Crippen LogP contribution in [-0.2, 0) is 9.47 Å². The second kappa shape index (κ2) is 8.54. The van der Waals surface area contributed by atoms with E-state index in [9.17, 15) is 14.4 Å². The number of ether oxygens (including phenoxy) is 3. The number of benzene rings is 2. The molecule has 0 aliphatic carbocycles. The van der Waals surface area contributed by atoms with Crippen molar-refractivity contribution in [2.45, 2.75) is 51.2 Å². The van der Waals surface area contributed by atoms with Crippen molar-refractivity contribution in [2.75, 3.05) is 20.2 Å². The highest BCUT2D eigenvalue weighted by Gasteiger charge is 2.44. The molecule has 1 amide bonds. The number of methoxy groups -OCH3 is 1. The summed E-state index contributed by atoms with van der Waals surface area (Å²) in [6, 6.07) is 12.6. The minimum atomic E-state index is -0.591. The van der Waals surface area contributed by atoms with E-state index in [2.05, 4.69) is 0 Å². The Hall–Kier alpha value is -3.35. The molecular formula is C26H29NO6. The van der Waals surface area contributed by atoms with Gasteiger partial charge in [0, 0.05) is 25.9 Å². The number of amides is 1. The SMILES string of the molecule is COC(=O)c1ccc(-c2ccc3c(c2)C(=O)CC2(CCN(C(=O)OC(C)(C)C)CC2)O3)cc1. The molecule has 7 heteroatoms. The summed E-state index contributed by atoms with van der Waals surface area (Å²) < 4.78 is 16.6. The third-order valence-corrected chi connectivity index (χ3v) is 6.05. The first-order valence-corrected chi connectivity index (χ1v) is 11.1. The van der Waals surface area contributed by atoms with Gasteiger partial charge in [-0.2, -0.15) is 0 Å². The number of nitrogens with zero attached hydrogens (tertiary/aromatic N) is 1. The molecule has 174 valence electrons. The van der Waals surface area contributed by atoms with Crippen molar-refractivity contribution in [2.24, 2.45) is 0 Å². The number of carbonyl (C=O) groups excluding carboxylic acids is 3. The van der Waals surface area contributed by atoms with E-state index in [1.165, 1.54) is 7.11 Å². The predicted molar refractivity (Wildman–Crippen MR) is 123 cm³/mol. The van der Waals surface area contributed by atoms with Crippen molar-refractivity contribution in [3.8, 4) is 16.9 Å². The first kappa shape index (κ1) is 22.8. The molecular weight excluding hydrogens is 422 g/mol. The maximum absolute atomic E-state index is 13.1. The van der Waals surface area contributed by atoms with Gasteiger partial charge < -0.3 is 19.1 Å². The molecule has 0 bridgehead atoms. The molecule has 4 rings (SSSR count). The van der Waals surface area contributed by atoms with E-state index in [0.717, 1.165) is 11.1 Å². The minimum Gasteiger partial charge on any atom is -0.486 e. The number of esters is 1. The average molecular weight is 452 g/mol. The van der Waals surface area contributed by atoms with E-state index < -0.39 is 17.2 Å². The molecule has 0 saturated carbocycles. The molecule has 2 heterocycles. The van der Waals surface area contributed by atoms with Crippen molar-refractivity contribution in [1.29, 1.82) is 0 Å². The molecule has 33 heavy (non-hydrogen) atoms. The lowest BCUT2D eigenvalue weighted by molar-refractivity contribution is -0.0226. The normalized spacial score (nSPS) is 17.2. The van der Waals surface area contributed by atoms with Crippen LogP contribution in [0.4, 0.5) is 4.79 Å². The van der Waals surface area contributed by atoms with Crippen molar-refractivity contribution in [3.63, 3.8) is 0 Å². The second-order valence-corrected chi connectivity index (χ2v) is 9.63. The lowest BCUT2D eigenvalue weighted by Crippen LogP contribution is -2.52. The Labute approximate surface area is 193 Å². The average Bonchev–Trinajstić information content (AvgIpc) is 2.78. The summed E-state index contributed by atoms with van der Waals surface area (Å²) >= 11 is 0. The first-order chi connectivity index (χ1) is 15.6. The fourth-order valence-electron chi connectivity index (χ4n) is 4.29. The molecule has 2 aromatic carbocycles. The Kier molecular flexibility index (Phi) is 5.91. The number of ketones is 1. The molecule has 0 aromatic heterocycles. The molecule has 0 atom stereocenters. The Bertz CT molecular complexity index is 1070. The molecule has 0 N–H and O–H groups in total. The van der Waals surface area contributed by atoms with Crippen molar-refractivity contribution in [3.05, 3.63) is 53.6 Å². The minimum absolute atomic E-state index is 0.0370. The van der Waals surface area contributed by atoms with E-state index in [1.54, 1.807) is 17.0 Å². The molecule has 1 fully saturated rings. The van der Waals surface area contributed by atoms with Crippen LogP contribution in [0.1, 0.15) is 60.7 Å². The van der Waals surface area contributed by atoms with Gasteiger partial charge in [-0.3, -0.25) is 4.79 Å². The summed E-state index contributed by atoms with van der Waals surface area (Å²) in [5, 5.41) is 0. The quantitative estimate of drug-likeness (QED) is 0.606. The Balaban J connectivity index is 1.48. The summed E-state index contributed by atoms with van der Waals surface area (Å²) in [6.45, 7) is 6.51. The van der Waals surface area contributed by atoms with Crippen LogP contribution in [0.5, 0.6) is 5.75 Å². The monoisotopic (exact) mass is 451 g/mol. The fraction of sp³-hybridized carbons (Fsp3) is 0.423. The predicted octanol–water partition coefficient (Wildman–Crippen LogP) is 4.88. The number of piperidine rings is 1. The zero-order valence-electron chi connectivity index (χ0n) is 19.5. The van der Waals surface area contributed by atoms with Crippen LogP contribution in [0, 0.1) is 0 Å². The number of hydrogen-bond acceptors (Lipinski definition) is 6. The van der Waals surface area contributed by atoms with Gasteiger partial charge in [0.2, 0.25) is 0 Å². The highest BCUT2D eigenvalue weighted by molar-refractivity contribution is 6.01. The highest BCUT2D eigenvalue weighted by Crippen LogP contribution is 2.41. The number of hydrogen-bond donors (Lipinski definition) is 0. The van der Waals surface area contributed by atoms with Crippen molar-refractivity contribution < 1.29 is 28.6 Å². The number of Topliss-reactive ketones (excluding diaryl/α,β-unsaturated/α-hetero) is 1. The van der Waals surface area contributed by atoms with Crippen molar-refractivity contribution in [1.82, 2.24) is 4.90 Å². The summed E-state index contributed by atoms with van der Waals surface area (Å²) in [7, 11) is 1.35. The highest BCUT2D eigenvalue weighted by atomic mass is 16.6. The molecule has 2 aliphatic rings. The third kappa shape index (κ3) is 4.87. The summed E-state index contributed by atoms with van der Waals surface area (Å²) in [6.07, 6.45) is 1.11. The van der Waals surface area contributed by atoms with Crippen LogP contribution in [-0.4, -0.2) is 54.1 Å². The second-order valence-electron chi connectivity index (χ2n) is 9.63. The topological polar surface area (TPSA) is 82.1 Å². The first-order valence-electron chi connectivity index (χ1n) is 11.1. The van der Waals surface area contributed by atoms with Gasteiger partial charge in [-0.1, -0.05) is 18.2 Å². The number of fused-ring (bicyclic) bond motifs is 1. The van der Waals surface area contributed by atoms with Crippen LogP contribution in [0.3, 0.4) is 0 Å². The summed E-state index contributed by atoms with van der Waals surface area (Å²) in [5.41, 5.74) is 1.66. The fourth-order valence-corrected chi connectivity index (χ4v) is 4.29. The Morgan fingerprint density at radius 1 is 1.00 bits per heavy atom. The van der Waals surface area contributed by atoms with Gasteiger partial charge in [0.15, 0.2) is 5.78 Å². The Morgan fingerprint density at radius 3 is 2.24 bits per heavy atom. The van der Waals surface area contributed by atoms with E-state index in [-0.39, 0.29) is 18.3 Å². The molecule has 7 nitrogen and oxygen atoms in total. The van der Waals surface area contributed by atoms with Gasteiger partial charge in [-0.25, -0.2) is 9.59 Å². The molecule has 0 unspecified atom stereocenters. The maximum Gasteiger partial charge on any atom is 0.410 e. The third-order valence-electron chi connectivity index (χ3n) is 6.05. The molecule has 0 radical (unpaired) electrons. The molecule has 2 aromatic rings. The smallest absolute Gasteiger partial charge is 0.410 e. The van der Waals surface area contributed by atoms with E-state index in [1.807, 2.05) is 51.1 Å².